The van der Waals surface area contributed by atoms with Gasteiger partial charge >= 0.3 is 0 Å². The zero-order valence-electron chi connectivity index (χ0n) is 9.83. The molecule has 0 aromatic heterocycles. The van der Waals surface area contributed by atoms with Gasteiger partial charge in [0.25, 0.3) is 0 Å². The summed E-state index contributed by atoms with van der Waals surface area (Å²) in [6.45, 7) is 7.21. The molecule has 0 aliphatic carbocycles. The van der Waals surface area contributed by atoms with Crippen molar-refractivity contribution in [1.82, 2.24) is 5.32 Å². The number of carbonyl (C=O) groups excluding carboxylic acids is 2. The molecule has 1 atom stereocenters. The van der Waals surface area contributed by atoms with E-state index in [1.165, 1.54) is 0 Å². The first-order valence-corrected chi connectivity index (χ1v) is 5.01. The third-order valence-electron chi connectivity index (χ3n) is 2.10. The van der Waals surface area contributed by atoms with Crippen molar-refractivity contribution in [2.75, 3.05) is 0 Å². The van der Waals surface area contributed by atoms with Crippen LogP contribution in [0.5, 0.6) is 0 Å². The van der Waals surface area contributed by atoms with Gasteiger partial charge < -0.3 is 16.8 Å². The van der Waals surface area contributed by atoms with E-state index in [0.29, 0.717) is 0 Å². The highest BCUT2D eigenvalue weighted by Gasteiger charge is 2.26. The molecule has 0 unspecified atom stereocenters. The molecule has 0 heterocycles. The van der Waals surface area contributed by atoms with E-state index >= 15 is 0 Å². The molecular formula is C10H21N3O2. The minimum Gasteiger partial charge on any atom is -0.370 e. The van der Waals surface area contributed by atoms with Crippen LogP contribution in [0.1, 0.15) is 34.1 Å². The maximum absolute atomic E-state index is 11.6. The molecule has 0 aliphatic rings. The largest absolute Gasteiger partial charge is 0.370 e. The molecule has 88 valence electrons. The molecule has 0 aromatic carbocycles. The second kappa shape index (κ2) is 5.11. The van der Waals surface area contributed by atoms with Crippen LogP contribution in [0.15, 0.2) is 0 Å². The first-order valence-electron chi connectivity index (χ1n) is 5.01. The molecule has 0 saturated carbocycles. The number of rotatable bonds is 5. The summed E-state index contributed by atoms with van der Waals surface area (Å²) in [4.78, 5) is 22.3. The molecule has 5 nitrogen and oxygen atoms in total. The van der Waals surface area contributed by atoms with Crippen LogP contribution in [0.2, 0.25) is 0 Å². The van der Waals surface area contributed by atoms with E-state index in [-0.39, 0.29) is 18.2 Å². The fourth-order valence-electron chi connectivity index (χ4n) is 1.20. The Morgan fingerprint density at radius 3 is 2.13 bits per heavy atom. The van der Waals surface area contributed by atoms with Crippen molar-refractivity contribution in [2.24, 2.45) is 17.4 Å². The molecule has 0 spiro atoms. The molecular weight excluding hydrogens is 194 g/mol. The zero-order valence-corrected chi connectivity index (χ0v) is 9.83. The van der Waals surface area contributed by atoms with Crippen molar-refractivity contribution in [3.63, 3.8) is 0 Å². The van der Waals surface area contributed by atoms with Crippen LogP contribution in [0.4, 0.5) is 0 Å². The molecule has 2 amide bonds. The second-order valence-corrected chi connectivity index (χ2v) is 4.79. The molecule has 0 bridgehead atoms. The minimum absolute atomic E-state index is 0.0642. The van der Waals surface area contributed by atoms with Crippen molar-refractivity contribution in [3.8, 4) is 0 Å². The van der Waals surface area contributed by atoms with Crippen LogP contribution in [-0.4, -0.2) is 23.4 Å². The number of hydrogen-bond donors (Lipinski definition) is 3. The van der Waals surface area contributed by atoms with E-state index in [1.807, 2.05) is 13.8 Å². The van der Waals surface area contributed by atoms with Crippen LogP contribution >= 0.6 is 0 Å². The van der Waals surface area contributed by atoms with Gasteiger partial charge in [-0.15, -0.1) is 0 Å². The highest BCUT2D eigenvalue weighted by molar-refractivity contribution is 5.83. The number of carbonyl (C=O) groups is 2. The van der Waals surface area contributed by atoms with Crippen molar-refractivity contribution in [2.45, 2.75) is 45.7 Å². The van der Waals surface area contributed by atoms with E-state index in [0.717, 1.165) is 0 Å². The average molecular weight is 215 g/mol. The fraction of sp³-hybridized carbons (Fsp3) is 0.800. The standard InChI is InChI=1S/C10H21N3O2/c1-6(2)8(12)9(15)13-10(3,4)5-7(11)14/h6,8H,5,12H2,1-4H3,(H2,11,14)(H,13,15)/t8-/m1/s1. The second-order valence-electron chi connectivity index (χ2n) is 4.79. The van der Waals surface area contributed by atoms with Gasteiger partial charge in [-0.3, -0.25) is 9.59 Å². The fourth-order valence-corrected chi connectivity index (χ4v) is 1.20. The highest BCUT2D eigenvalue weighted by atomic mass is 16.2. The van der Waals surface area contributed by atoms with Crippen LogP contribution in [0.3, 0.4) is 0 Å². The highest BCUT2D eigenvalue weighted by Crippen LogP contribution is 2.09. The van der Waals surface area contributed by atoms with E-state index in [9.17, 15) is 9.59 Å². The predicted molar refractivity (Wildman–Crippen MR) is 58.8 cm³/mol. The topological polar surface area (TPSA) is 98.2 Å². The van der Waals surface area contributed by atoms with Gasteiger partial charge in [0, 0.05) is 12.0 Å². The first kappa shape index (κ1) is 13.9. The normalized spacial score (nSPS) is 13.7. The summed E-state index contributed by atoms with van der Waals surface area (Å²) >= 11 is 0. The summed E-state index contributed by atoms with van der Waals surface area (Å²) in [6.07, 6.45) is 0.101. The molecule has 5 heteroatoms. The molecule has 0 aromatic rings. The lowest BCUT2D eigenvalue weighted by atomic mass is 9.98. The Morgan fingerprint density at radius 2 is 1.80 bits per heavy atom. The van der Waals surface area contributed by atoms with Gasteiger partial charge in [-0.25, -0.2) is 0 Å². The van der Waals surface area contributed by atoms with E-state index < -0.39 is 17.5 Å². The van der Waals surface area contributed by atoms with E-state index in [2.05, 4.69) is 5.32 Å². The smallest absolute Gasteiger partial charge is 0.237 e. The Bertz CT molecular complexity index is 249. The number of hydrogen-bond acceptors (Lipinski definition) is 3. The number of primary amides is 1. The van der Waals surface area contributed by atoms with E-state index in [4.69, 9.17) is 11.5 Å². The molecule has 0 rings (SSSR count). The predicted octanol–water partition coefficient (Wildman–Crippen LogP) is -0.260. The Hall–Kier alpha value is -1.10. The first-order chi connectivity index (χ1) is 6.65. The minimum atomic E-state index is -0.643. The summed E-state index contributed by atoms with van der Waals surface area (Å²) in [7, 11) is 0. The third kappa shape index (κ3) is 5.37. The van der Waals surface area contributed by atoms with Gasteiger partial charge in [0.1, 0.15) is 0 Å². The monoisotopic (exact) mass is 215 g/mol. The van der Waals surface area contributed by atoms with Crippen LogP contribution < -0.4 is 16.8 Å². The van der Waals surface area contributed by atoms with Crippen LogP contribution in [-0.2, 0) is 9.59 Å². The lowest BCUT2D eigenvalue weighted by Gasteiger charge is -2.27. The quantitative estimate of drug-likeness (QED) is 0.589. The summed E-state index contributed by atoms with van der Waals surface area (Å²) in [5.41, 5.74) is 10.1. The Labute approximate surface area is 90.6 Å². The van der Waals surface area contributed by atoms with Gasteiger partial charge in [-0.05, 0) is 19.8 Å². The van der Waals surface area contributed by atoms with E-state index in [1.54, 1.807) is 13.8 Å². The summed E-state index contributed by atoms with van der Waals surface area (Å²) in [5.74, 6) is -0.635. The molecule has 0 saturated heterocycles. The summed E-state index contributed by atoms with van der Waals surface area (Å²) < 4.78 is 0. The summed E-state index contributed by atoms with van der Waals surface area (Å²) in [6, 6.07) is -0.558. The zero-order chi connectivity index (χ0) is 12.2. The average Bonchev–Trinajstić information content (AvgIpc) is 1.98. The van der Waals surface area contributed by atoms with Crippen molar-refractivity contribution in [3.05, 3.63) is 0 Å². The van der Waals surface area contributed by atoms with Crippen molar-refractivity contribution < 1.29 is 9.59 Å². The molecule has 5 N–H and O–H groups in total. The Balaban J connectivity index is 4.33. The summed E-state index contributed by atoms with van der Waals surface area (Å²) in [5, 5.41) is 2.70. The Morgan fingerprint density at radius 1 is 1.33 bits per heavy atom. The molecule has 0 aliphatic heterocycles. The van der Waals surface area contributed by atoms with Gasteiger partial charge in [-0.2, -0.15) is 0 Å². The van der Waals surface area contributed by atoms with Crippen LogP contribution in [0.25, 0.3) is 0 Å². The lowest BCUT2D eigenvalue weighted by Crippen LogP contribution is -2.53. The molecule has 0 fully saturated rings. The van der Waals surface area contributed by atoms with Gasteiger partial charge in [-0.1, -0.05) is 13.8 Å². The maximum Gasteiger partial charge on any atom is 0.237 e. The molecule has 15 heavy (non-hydrogen) atoms. The Kier molecular flexibility index (Phi) is 4.74. The number of amides is 2. The molecule has 0 radical (unpaired) electrons. The lowest BCUT2D eigenvalue weighted by molar-refractivity contribution is -0.125. The van der Waals surface area contributed by atoms with Crippen molar-refractivity contribution in [1.29, 1.82) is 0 Å². The van der Waals surface area contributed by atoms with Gasteiger partial charge in [0.15, 0.2) is 0 Å². The van der Waals surface area contributed by atoms with Crippen LogP contribution in [0, 0.1) is 5.92 Å². The van der Waals surface area contributed by atoms with Gasteiger partial charge in [0.05, 0.1) is 6.04 Å². The third-order valence-corrected chi connectivity index (χ3v) is 2.10. The number of nitrogens with one attached hydrogen (secondary N) is 1. The number of nitrogens with two attached hydrogens (primary N) is 2. The van der Waals surface area contributed by atoms with Crippen molar-refractivity contribution >= 4 is 11.8 Å². The SMILES string of the molecule is CC(C)[C@@H](N)C(=O)NC(C)(C)CC(N)=O. The maximum atomic E-state index is 11.6. The van der Waals surface area contributed by atoms with Gasteiger partial charge in [0.2, 0.25) is 11.8 Å².